The maximum absolute atomic E-state index is 12.8. The Hall–Kier alpha value is -14.4. The van der Waals surface area contributed by atoms with E-state index in [9.17, 15) is 30.2 Å². The van der Waals surface area contributed by atoms with Crippen LogP contribution in [0, 0.1) is 68.0 Å². The van der Waals surface area contributed by atoms with Gasteiger partial charge < -0.3 is 21.5 Å². The van der Waals surface area contributed by atoms with E-state index in [1.807, 2.05) is 54.6 Å². The molecular weight excluding hydrogens is 1400 g/mol. The highest BCUT2D eigenvalue weighted by atomic mass is 35.5. The van der Waals surface area contributed by atoms with Gasteiger partial charge >= 0.3 is 5.97 Å². The molecule has 15 aromatic rings. The number of pyridine rings is 6. The van der Waals surface area contributed by atoms with E-state index in [-0.39, 0.29) is 30.5 Å². The number of fused-ring (bicyclic) bond motifs is 6. The lowest BCUT2D eigenvalue weighted by molar-refractivity contribution is 0.0696. The molecule has 0 bridgehead atoms. The van der Waals surface area contributed by atoms with E-state index in [4.69, 9.17) is 61.4 Å². The molecule has 0 aliphatic rings. The number of H-pyrrole nitrogens is 3. The number of amides is 2. The molecular formula is C78H50Cl3N21O4. The molecule has 0 saturated heterocycles. The molecule has 0 spiro atoms. The van der Waals surface area contributed by atoms with Crippen molar-refractivity contribution in [2.24, 2.45) is 5.73 Å². The van der Waals surface area contributed by atoms with Gasteiger partial charge in [0.1, 0.15) is 36.4 Å². The third kappa shape index (κ3) is 16.8. The van der Waals surface area contributed by atoms with Gasteiger partial charge in [-0.15, -0.1) is 0 Å². The van der Waals surface area contributed by atoms with Gasteiger partial charge in [-0.3, -0.25) is 54.8 Å². The quantitative estimate of drug-likeness (QED) is 0.0531. The third-order valence-electron chi connectivity index (χ3n) is 16.5. The van der Waals surface area contributed by atoms with Crippen LogP contribution in [0.1, 0.15) is 115 Å². The molecule has 0 atom stereocenters. The van der Waals surface area contributed by atoms with Crippen molar-refractivity contribution in [3.05, 3.63) is 299 Å². The number of nitrogens with zero attached hydrogens (tertiary/aromatic N) is 15. The molecule has 2 amide bonds. The number of hydrogen-bond acceptors (Lipinski definition) is 19. The number of carbonyl (C=O) groups is 3. The van der Waals surface area contributed by atoms with Crippen LogP contribution in [-0.4, -0.2) is 83.4 Å². The number of carboxylic acids is 1. The number of hydrogen-bond donors (Lipinski definition) is 7. The fourth-order valence-corrected chi connectivity index (χ4v) is 12.0. The zero-order chi connectivity index (χ0) is 74.4. The largest absolute Gasteiger partial charge is 0.478 e. The molecule has 9 heterocycles. The van der Waals surface area contributed by atoms with Crippen molar-refractivity contribution in [2.75, 3.05) is 0 Å². The van der Waals surface area contributed by atoms with Crippen molar-refractivity contribution < 1.29 is 19.5 Å². The van der Waals surface area contributed by atoms with E-state index in [2.05, 4.69) is 101 Å². The number of aromatic nitrogens is 12. The molecule has 9 aromatic heterocycles. The summed E-state index contributed by atoms with van der Waals surface area (Å²) in [6.07, 6.45) is 10.1. The van der Waals surface area contributed by atoms with Crippen LogP contribution < -0.4 is 16.4 Å². The fourth-order valence-electron chi connectivity index (χ4n) is 11.5. The first-order valence-electron chi connectivity index (χ1n) is 31.9. The lowest BCUT2D eigenvalue weighted by Crippen LogP contribution is -2.23. The Morgan fingerprint density at radius 2 is 0.736 bits per heavy atom. The van der Waals surface area contributed by atoms with Crippen molar-refractivity contribution in [1.82, 2.24) is 71.1 Å². The molecule has 0 fully saturated rings. The van der Waals surface area contributed by atoms with Crippen molar-refractivity contribution in [3.63, 3.8) is 0 Å². The van der Waals surface area contributed by atoms with Gasteiger partial charge in [0.2, 0.25) is 0 Å². The van der Waals surface area contributed by atoms with E-state index in [1.165, 1.54) is 36.9 Å². The minimum atomic E-state index is -1.02. The van der Waals surface area contributed by atoms with Gasteiger partial charge in [-0.2, -0.15) is 46.9 Å². The van der Waals surface area contributed by atoms with Gasteiger partial charge in [-0.1, -0.05) is 34.8 Å². The SMILES string of the molecule is N#Cc1cnc2c(C#N)cc(Cc3cc(C(=O)NCc4[nH]nc5ccc(Cl)cc45)ccn3)cc2c1.N#Cc1cnc2c(C#N)cc(Cc3cc(C(=O)NCc4[nH]nc5ccc(Cl)cc45)ccn3)cc2c1.N#Cc1cnc2c(C#N)cc(Cc3cc(C(=O)O)ccn3)cc2c1.NCc1[nH]nc2ccc(Cl)cc12. The first-order valence-corrected chi connectivity index (χ1v) is 33.0. The number of carbonyl (C=O) groups excluding carboxylic acids is 2. The Bertz CT molecular complexity index is 6020. The number of benzene rings is 6. The van der Waals surface area contributed by atoms with Crippen LogP contribution in [0.4, 0.5) is 0 Å². The maximum Gasteiger partial charge on any atom is 0.335 e. The standard InChI is InChI=1S/2C26H16ClN7O.C18H10N4O2.C8H8ClN3/c2*27-20-1-2-23-22(10-20)24(34-33-23)14-32-26(35)17-3-4-30-21(9-17)8-15-5-18-7-16(11-28)13-31-25(18)19(6-15)12-29;19-8-12-5-14-3-11(4-15(9-20)17(14)22-10-12)6-16-7-13(18(23)24)1-2-21-16;9-5-1-2-7-6(3-5)8(4-10)12-11-7/h2*1-7,9-10,13H,8,14H2,(H,32,35)(H,33,34);1-5,7,10H,6H2,(H,23,24);1-3H,4,10H2,(H,11,12). The van der Waals surface area contributed by atoms with Gasteiger partial charge in [-0.05, 0) is 162 Å². The first kappa shape index (κ1) is 71.4. The minimum Gasteiger partial charge on any atom is -0.478 e. The number of nitriles is 6. The predicted octanol–water partition coefficient (Wildman–Crippen LogP) is 13.2. The molecule has 28 heteroatoms. The topological polar surface area (TPSA) is 428 Å². The molecule has 106 heavy (non-hydrogen) atoms. The zero-order valence-electron chi connectivity index (χ0n) is 55.2. The van der Waals surface area contributed by atoms with Crippen LogP contribution in [0.15, 0.2) is 183 Å². The van der Waals surface area contributed by atoms with Gasteiger partial charge in [0.15, 0.2) is 0 Å². The Labute approximate surface area is 616 Å². The summed E-state index contributed by atoms with van der Waals surface area (Å²) in [6, 6.07) is 54.4. The highest BCUT2D eigenvalue weighted by molar-refractivity contribution is 6.32. The van der Waals surface area contributed by atoms with Crippen LogP contribution in [0.25, 0.3) is 65.4 Å². The molecule has 8 N–H and O–H groups in total. The second-order valence-corrected chi connectivity index (χ2v) is 24.9. The number of aromatic carboxylic acids is 1. The van der Waals surface area contributed by atoms with Crippen molar-refractivity contribution in [1.29, 1.82) is 31.6 Å². The van der Waals surface area contributed by atoms with E-state index in [0.717, 1.165) is 66.5 Å². The van der Waals surface area contributed by atoms with Crippen molar-refractivity contribution >= 4 is 118 Å². The fraction of sp³-hybridized carbons (Fsp3) is 0.0769. The summed E-state index contributed by atoms with van der Waals surface area (Å²) >= 11 is 18.0. The maximum atomic E-state index is 12.8. The number of rotatable bonds is 14. The van der Waals surface area contributed by atoms with E-state index in [1.54, 1.807) is 97.3 Å². The normalized spacial score (nSPS) is 10.6. The molecule has 6 aromatic carbocycles. The van der Waals surface area contributed by atoms with Crippen LogP contribution >= 0.6 is 34.8 Å². The van der Waals surface area contributed by atoms with E-state index in [0.29, 0.717) is 135 Å². The summed E-state index contributed by atoms with van der Waals surface area (Å²) in [6.45, 7) is 0.979. The van der Waals surface area contributed by atoms with Gasteiger partial charge in [0.25, 0.3) is 11.8 Å². The molecule has 512 valence electrons. The zero-order valence-corrected chi connectivity index (χ0v) is 57.4. The number of nitrogens with two attached hydrogens (primary N) is 1. The smallest absolute Gasteiger partial charge is 0.335 e. The Kier molecular flexibility index (Phi) is 21.9. The number of carboxylic acid groups (broad SMARTS) is 1. The lowest BCUT2D eigenvalue weighted by atomic mass is 10.0. The highest BCUT2D eigenvalue weighted by Crippen LogP contribution is 2.28. The second kappa shape index (κ2) is 32.5. The van der Waals surface area contributed by atoms with E-state index < -0.39 is 5.97 Å². The average molecular weight is 1450 g/mol. The summed E-state index contributed by atoms with van der Waals surface area (Å²) in [7, 11) is 0. The molecule has 0 unspecified atom stereocenters. The van der Waals surface area contributed by atoms with E-state index >= 15 is 0 Å². The lowest BCUT2D eigenvalue weighted by Gasteiger charge is -2.08. The van der Waals surface area contributed by atoms with Crippen LogP contribution in [-0.2, 0) is 38.9 Å². The van der Waals surface area contributed by atoms with Crippen molar-refractivity contribution in [3.8, 4) is 36.4 Å². The summed E-state index contributed by atoms with van der Waals surface area (Å²) in [4.78, 5) is 62.3. The molecule has 0 aliphatic carbocycles. The summed E-state index contributed by atoms with van der Waals surface area (Å²) in [5.41, 5.74) is 20.0. The molecule has 0 aliphatic heterocycles. The number of aromatic amines is 3. The Morgan fingerprint density at radius 3 is 1.07 bits per heavy atom. The van der Waals surface area contributed by atoms with Crippen molar-refractivity contribution in [2.45, 2.75) is 38.9 Å². The van der Waals surface area contributed by atoms with Gasteiger partial charge in [-0.25, -0.2) is 4.79 Å². The predicted molar refractivity (Wildman–Crippen MR) is 395 cm³/mol. The highest BCUT2D eigenvalue weighted by Gasteiger charge is 2.17. The monoisotopic (exact) mass is 1450 g/mol. The number of nitrogens with one attached hydrogen (secondary N) is 5. The molecule has 25 nitrogen and oxygen atoms in total. The molecule has 15 rings (SSSR count). The second-order valence-electron chi connectivity index (χ2n) is 23.6. The van der Waals surface area contributed by atoms with Gasteiger partial charge in [0.05, 0.1) is 102 Å². The van der Waals surface area contributed by atoms with Crippen LogP contribution in [0.2, 0.25) is 15.1 Å². The Balaban J connectivity index is 0.000000140. The van der Waals surface area contributed by atoms with Gasteiger partial charge in [0, 0.05) is 139 Å². The third-order valence-corrected chi connectivity index (χ3v) is 17.2. The Morgan fingerprint density at radius 1 is 0.406 bits per heavy atom. The van der Waals surface area contributed by atoms with Crippen LogP contribution in [0.5, 0.6) is 0 Å². The first-order chi connectivity index (χ1) is 51.5. The summed E-state index contributed by atoms with van der Waals surface area (Å²) in [5, 5.41) is 98.6. The molecule has 0 saturated carbocycles. The average Bonchev–Trinajstić information content (AvgIpc) is 1.33. The number of halogens is 3. The van der Waals surface area contributed by atoms with Crippen LogP contribution in [0.3, 0.4) is 0 Å². The minimum absolute atomic E-state index is 0.162. The summed E-state index contributed by atoms with van der Waals surface area (Å²) < 4.78 is 0. The summed E-state index contributed by atoms with van der Waals surface area (Å²) in [5.74, 6) is -1.52. The molecule has 0 radical (unpaired) electrons.